The molecule has 0 radical (unpaired) electrons. The van der Waals surface area contributed by atoms with Gasteiger partial charge in [-0.3, -0.25) is 32.4 Å². The molecule has 2 saturated heterocycles. The summed E-state index contributed by atoms with van der Waals surface area (Å²) in [5, 5.41) is 11.6. The van der Waals surface area contributed by atoms with Crippen LogP contribution in [0.1, 0.15) is 25.6 Å². The Morgan fingerprint density at radius 1 is 1.06 bits per heavy atom. The summed E-state index contributed by atoms with van der Waals surface area (Å²) in [4.78, 5) is 46.6. The first-order chi connectivity index (χ1) is 22.2. The van der Waals surface area contributed by atoms with Crippen molar-refractivity contribution in [2.24, 2.45) is 11.3 Å². The average molecular weight is 711 g/mol. The van der Waals surface area contributed by atoms with Gasteiger partial charge in [0.1, 0.15) is 35.8 Å². The third-order valence-electron chi connectivity index (χ3n) is 9.17. The molecule has 6 heterocycles. The van der Waals surface area contributed by atoms with Crippen molar-refractivity contribution < 1.29 is 42.0 Å². The summed E-state index contributed by atoms with van der Waals surface area (Å²) in [5.74, 6) is -0.782. The largest absolute Gasteiger partial charge is 0.472 e. The van der Waals surface area contributed by atoms with Crippen molar-refractivity contribution in [3.05, 3.63) is 41.5 Å². The van der Waals surface area contributed by atoms with Crippen molar-refractivity contribution in [2.45, 2.75) is 49.5 Å². The summed E-state index contributed by atoms with van der Waals surface area (Å²) in [6, 6.07) is -0.785. The number of imidazole rings is 2. The van der Waals surface area contributed by atoms with E-state index >= 15 is 0 Å². The normalized spacial score (nSPS) is 40.3. The third-order valence-corrected chi connectivity index (χ3v) is 11.7. The minimum absolute atomic E-state index is 0.0283. The molecule has 8 rings (SSSR count). The summed E-state index contributed by atoms with van der Waals surface area (Å²) in [5.41, 5.74) is 9.12. The Labute approximate surface area is 268 Å². The molecule has 47 heavy (non-hydrogen) atoms. The lowest BCUT2D eigenvalue weighted by molar-refractivity contribution is -0.0935. The Morgan fingerprint density at radius 3 is 2.60 bits per heavy atom. The van der Waals surface area contributed by atoms with Crippen LogP contribution in [0.4, 0.5) is 11.8 Å². The lowest BCUT2D eigenvalue weighted by Crippen LogP contribution is -2.46. The van der Waals surface area contributed by atoms with Crippen LogP contribution in [0.3, 0.4) is 0 Å². The molecule has 0 aromatic carbocycles. The Morgan fingerprint density at radius 2 is 1.83 bits per heavy atom. The molecule has 250 valence electrons. The van der Waals surface area contributed by atoms with E-state index in [2.05, 4.69) is 42.2 Å². The minimum Gasteiger partial charge on any atom is -0.388 e. The van der Waals surface area contributed by atoms with Gasteiger partial charge in [-0.2, -0.15) is 4.98 Å². The number of aromatic nitrogens is 8. The molecular formula is C24H28N10O10P2S. The second-order valence-electron chi connectivity index (χ2n) is 12.2. The maximum absolute atomic E-state index is 13.8. The lowest BCUT2D eigenvalue weighted by atomic mass is 9.77. The van der Waals surface area contributed by atoms with Crippen molar-refractivity contribution in [3.8, 4) is 0 Å². The van der Waals surface area contributed by atoms with Crippen molar-refractivity contribution in [1.29, 1.82) is 0 Å². The van der Waals surface area contributed by atoms with Crippen LogP contribution in [-0.4, -0.2) is 86.2 Å². The van der Waals surface area contributed by atoms with E-state index in [0.29, 0.717) is 11.2 Å². The second kappa shape index (κ2) is 10.4. The quantitative estimate of drug-likeness (QED) is 0.0955. The summed E-state index contributed by atoms with van der Waals surface area (Å²) >= 11 is 4.23. The lowest BCUT2D eigenvalue weighted by Gasteiger charge is -2.38. The first-order valence-electron chi connectivity index (χ1n) is 14.2. The summed E-state index contributed by atoms with van der Waals surface area (Å²) in [6.45, 7) is -3.53. The molecule has 7 N–H and O–H groups in total. The monoisotopic (exact) mass is 710 g/mol. The van der Waals surface area contributed by atoms with Crippen molar-refractivity contribution in [2.75, 3.05) is 24.7 Å². The smallest absolute Gasteiger partial charge is 0.388 e. The summed E-state index contributed by atoms with van der Waals surface area (Å²) < 4.78 is 59.7. The SMILES string of the molecule is C[C@@]12COP(=O)(O)O[C@H]3[C@H](n4cnc5c(=O)[nH]c(N)nc54)O[C@]4(C=C[C@@H]34)CO[P@](=O)(S)O[C@H]1[C@@H](O)[C@H](n1cnc3c(N)ncnc31)C2. The number of aromatic amines is 1. The number of aliphatic hydroxyl groups excluding tert-OH is 1. The summed E-state index contributed by atoms with van der Waals surface area (Å²) in [6.07, 6.45) is 2.23. The molecule has 0 amide bonds. The molecule has 2 bridgehead atoms. The van der Waals surface area contributed by atoms with E-state index in [0.717, 1.165) is 0 Å². The fraction of sp³-hybridized carbons (Fsp3) is 0.500. The van der Waals surface area contributed by atoms with Crippen LogP contribution in [0.25, 0.3) is 22.3 Å². The fourth-order valence-electron chi connectivity index (χ4n) is 6.84. The molecule has 2 aliphatic carbocycles. The van der Waals surface area contributed by atoms with E-state index in [-0.39, 0.29) is 29.4 Å². The van der Waals surface area contributed by atoms with Crippen molar-refractivity contribution in [1.82, 2.24) is 39.0 Å². The Bertz CT molecular complexity index is 2130. The number of nitrogens with zero attached hydrogens (tertiary/aromatic N) is 7. The zero-order valence-electron chi connectivity index (χ0n) is 24.3. The van der Waals surface area contributed by atoms with E-state index in [1.54, 1.807) is 23.6 Å². The zero-order chi connectivity index (χ0) is 33.1. The molecule has 4 aromatic rings. The van der Waals surface area contributed by atoms with Gasteiger partial charge in [0.15, 0.2) is 28.9 Å². The molecule has 3 fully saturated rings. The van der Waals surface area contributed by atoms with Crippen LogP contribution in [0.5, 0.6) is 0 Å². The van der Waals surface area contributed by atoms with E-state index in [1.807, 2.05) is 0 Å². The van der Waals surface area contributed by atoms with Gasteiger partial charge in [0.2, 0.25) is 5.95 Å². The second-order valence-corrected chi connectivity index (χ2v) is 16.5. The van der Waals surface area contributed by atoms with Crippen molar-refractivity contribution in [3.63, 3.8) is 0 Å². The molecule has 23 heteroatoms. The van der Waals surface area contributed by atoms with Crippen LogP contribution in [0.15, 0.2) is 35.9 Å². The number of ether oxygens (including phenoxy) is 1. The standard InChI is InChI=1S/C24H28N10O10P2S/c1-23-4-11(33-8-29-12-17(25)27-7-28-18(12)33)14(35)16(23)44-46(39,47)41-6-24-3-2-10(24)15(43-45(37,38)40-5-23)21(42-24)34-9-30-13-19(34)31-22(26)32-20(13)36/h2-3,7-11,14-16,21,35H,4-6H2,1H3,(H,37,38)(H,39,47)(H2,25,27,28)(H3,26,31,32,36)/t10-,11+,14-,15+,16-,21+,23+,24+,46-/m0/s1. The topological polar surface area (TPSA) is 280 Å². The number of aliphatic hydroxyl groups is 1. The number of nitrogens with two attached hydrogens (primary N) is 2. The van der Waals surface area contributed by atoms with Gasteiger partial charge in [-0.15, -0.1) is 0 Å². The highest BCUT2D eigenvalue weighted by Crippen LogP contribution is 2.64. The van der Waals surface area contributed by atoms with Gasteiger partial charge >= 0.3 is 14.6 Å². The number of thiol groups is 1. The van der Waals surface area contributed by atoms with Gasteiger partial charge in [0.25, 0.3) is 5.56 Å². The number of rotatable bonds is 2. The third kappa shape index (κ3) is 4.87. The van der Waals surface area contributed by atoms with E-state index in [1.165, 1.54) is 23.5 Å². The number of H-pyrrole nitrogens is 1. The number of hydrogen-bond donors (Lipinski definition) is 6. The van der Waals surface area contributed by atoms with Crippen LogP contribution in [0.2, 0.25) is 0 Å². The molecule has 1 saturated carbocycles. The van der Waals surface area contributed by atoms with E-state index in [4.69, 9.17) is 34.3 Å². The first kappa shape index (κ1) is 31.1. The molecule has 20 nitrogen and oxygen atoms in total. The number of nitrogen functional groups attached to an aromatic ring is 2. The van der Waals surface area contributed by atoms with Crippen LogP contribution < -0.4 is 17.0 Å². The predicted octanol–water partition coefficient (Wildman–Crippen LogP) is 0.845. The number of anilines is 2. The van der Waals surface area contributed by atoms with Gasteiger partial charge in [0.05, 0.1) is 31.9 Å². The van der Waals surface area contributed by atoms with Crippen LogP contribution >= 0.6 is 26.9 Å². The highest BCUT2D eigenvalue weighted by atomic mass is 32.7. The van der Waals surface area contributed by atoms with Gasteiger partial charge in [-0.25, -0.2) is 29.1 Å². The number of fused-ring (bicyclic) bond motifs is 3. The molecule has 0 spiro atoms. The number of phosphoric acid groups is 1. The maximum Gasteiger partial charge on any atom is 0.472 e. The van der Waals surface area contributed by atoms with Gasteiger partial charge in [-0.1, -0.05) is 31.3 Å². The van der Waals surface area contributed by atoms with Crippen LogP contribution in [0, 0.1) is 11.3 Å². The highest BCUT2D eigenvalue weighted by Gasteiger charge is 2.62. The Balaban J connectivity index is 1.16. The molecule has 10 atom stereocenters. The highest BCUT2D eigenvalue weighted by molar-refractivity contribution is 8.44. The van der Waals surface area contributed by atoms with Gasteiger partial charge < -0.3 is 30.8 Å². The molecule has 1 unspecified atom stereocenters. The van der Waals surface area contributed by atoms with E-state index in [9.17, 15) is 23.9 Å². The average Bonchev–Trinajstić information content (AvgIpc) is 3.71. The van der Waals surface area contributed by atoms with Crippen molar-refractivity contribution >= 4 is 61.0 Å². The van der Waals surface area contributed by atoms with Crippen LogP contribution in [-0.2, 0) is 32.0 Å². The summed E-state index contributed by atoms with van der Waals surface area (Å²) in [7, 11) is -4.90. The number of nitrogens with one attached hydrogen (secondary N) is 1. The van der Waals surface area contributed by atoms with Gasteiger partial charge in [-0.05, 0) is 6.42 Å². The Kier molecular flexibility index (Phi) is 6.86. The fourth-order valence-corrected chi connectivity index (χ4v) is 9.47. The number of hydrogen-bond acceptors (Lipinski definition) is 16. The maximum atomic E-state index is 13.8. The molecule has 4 aliphatic rings. The van der Waals surface area contributed by atoms with Gasteiger partial charge in [0, 0.05) is 11.3 Å². The molecule has 2 aliphatic heterocycles. The first-order valence-corrected chi connectivity index (χ1v) is 18.4. The minimum atomic E-state index is -4.90. The zero-order valence-corrected chi connectivity index (χ0v) is 26.9. The molecular weight excluding hydrogens is 682 g/mol. The Hall–Kier alpha value is -3.23. The van der Waals surface area contributed by atoms with E-state index < -0.39 is 80.9 Å². The number of phosphoric ester groups is 1. The predicted molar refractivity (Wildman–Crippen MR) is 164 cm³/mol. The molecule has 4 aromatic heterocycles.